The number of β-amino-alcohol motifs (C(OH)–C–C–N with tert-alkyl or cyclic N) is 1. The first-order chi connectivity index (χ1) is 9.40. The van der Waals surface area contributed by atoms with Crippen LogP contribution in [0.2, 0.25) is 0 Å². The number of aliphatic hydroxyl groups excluding tert-OH is 1. The third-order valence-electron chi connectivity index (χ3n) is 5.49. The molecule has 4 fully saturated rings. The van der Waals surface area contributed by atoms with Crippen LogP contribution in [0.25, 0.3) is 0 Å². The van der Waals surface area contributed by atoms with Gasteiger partial charge in [0.2, 0.25) is 0 Å². The van der Waals surface area contributed by atoms with E-state index in [1.807, 2.05) is 0 Å². The number of nitrogens with one attached hydrogen (secondary N) is 1. The minimum Gasteiger partial charge on any atom is -0.389 e. The highest BCUT2D eigenvalue weighted by Gasteiger charge is 2.48. The average Bonchev–Trinajstić information content (AvgIpc) is 2.34. The number of halogens is 1. The molecular weight excluding hydrogens is 286 g/mol. The molecule has 4 aliphatic carbocycles. The lowest BCUT2D eigenvalue weighted by atomic mass is 9.55. The van der Waals surface area contributed by atoms with Gasteiger partial charge in [-0.05, 0) is 76.5 Å². The van der Waals surface area contributed by atoms with E-state index in [0.29, 0.717) is 19.3 Å². The summed E-state index contributed by atoms with van der Waals surface area (Å²) < 4.78 is 6.16. The van der Waals surface area contributed by atoms with Gasteiger partial charge in [-0.3, -0.25) is 0 Å². The Kier molecular flexibility index (Phi) is 5.62. The maximum Gasteiger partial charge on any atom is 0.0898 e. The Morgan fingerprint density at radius 3 is 2.05 bits per heavy atom. The van der Waals surface area contributed by atoms with Crippen LogP contribution in [0, 0.1) is 23.7 Å². The van der Waals surface area contributed by atoms with Crippen molar-refractivity contribution in [2.75, 3.05) is 13.2 Å². The first-order valence-electron chi connectivity index (χ1n) is 8.45. The van der Waals surface area contributed by atoms with Crippen LogP contribution < -0.4 is 5.32 Å². The van der Waals surface area contributed by atoms with Crippen molar-refractivity contribution in [2.24, 2.45) is 23.7 Å². The average molecular weight is 318 g/mol. The standard InChI is InChI=1S/C17H31NO2.ClH/c1-17(2,3)18-9-15(19)10-20-16-13-5-11-4-12(7-13)8-14(16)6-11;/h11-16,18-19H,4-10H2,1-3H3;1H. The molecule has 4 bridgehead atoms. The minimum atomic E-state index is -0.383. The molecule has 0 amide bonds. The molecule has 0 aromatic heterocycles. The van der Waals surface area contributed by atoms with Crippen molar-refractivity contribution in [1.29, 1.82) is 0 Å². The molecule has 0 radical (unpaired) electrons. The number of hydrogen-bond donors (Lipinski definition) is 2. The molecule has 4 saturated carbocycles. The van der Waals surface area contributed by atoms with E-state index in [1.54, 1.807) is 0 Å². The highest BCUT2D eigenvalue weighted by Crippen LogP contribution is 2.54. The number of hydrogen-bond acceptors (Lipinski definition) is 3. The van der Waals surface area contributed by atoms with E-state index in [4.69, 9.17) is 4.74 Å². The minimum absolute atomic E-state index is 0. The fraction of sp³-hybridized carbons (Fsp3) is 1.00. The molecule has 3 nitrogen and oxygen atoms in total. The van der Waals surface area contributed by atoms with Crippen LogP contribution in [0.1, 0.15) is 52.9 Å². The highest BCUT2D eigenvalue weighted by atomic mass is 35.5. The normalized spacial score (nSPS) is 39.1. The summed E-state index contributed by atoms with van der Waals surface area (Å²) in [4.78, 5) is 0. The second kappa shape index (κ2) is 6.74. The quantitative estimate of drug-likeness (QED) is 0.819. The molecule has 0 aromatic rings. The summed E-state index contributed by atoms with van der Waals surface area (Å²) in [5.74, 6) is 3.55. The monoisotopic (exact) mass is 317 g/mol. The molecule has 4 aliphatic rings. The van der Waals surface area contributed by atoms with E-state index in [0.717, 1.165) is 23.7 Å². The zero-order chi connectivity index (χ0) is 14.3. The van der Waals surface area contributed by atoms with Gasteiger partial charge in [0, 0.05) is 12.1 Å². The lowest BCUT2D eigenvalue weighted by Gasteiger charge is -2.54. The predicted octanol–water partition coefficient (Wildman–Crippen LogP) is 3.00. The molecule has 1 atom stereocenters. The lowest BCUT2D eigenvalue weighted by Crippen LogP contribution is -2.50. The molecular formula is C17H32ClNO2. The van der Waals surface area contributed by atoms with Gasteiger partial charge in [0.05, 0.1) is 18.8 Å². The van der Waals surface area contributed by atoms with Crippen molar-refractivity contribution in [3.05, 3.63) is 0 Å². The van der Waals surface area contributed by atoms with Crippen LogP contribution in [-0.2, 0) is 4.74 Å². The largest absolute Gasteiger partial charge is 0.389 e. The van der Waals surface area contributed by atoms with Crippen LogP contribution in [-0.4, -0.2) is 36.0 Å². The van der Waals surface area contributed by atoms with Gasteiger partial charge in [0.25, 0.3) is 0 Å². The second-order valence-electron chi connectivity index (χ2n) is 8.51. The maximum atomic E-state index is 10.1. The summed E-state index contributed by atoms with van der Waals surface area (Å²) in [6.07, 6.45) is 7.07. The zero-order valence-electron chi connectivity index (χ0n) is 13.7. The van der Waals surface area contributed by atoms with Crippen LogP contribution in [0.4, 0.5) is 0 Å². The Bertz CT molecular complexity index is 314. The van der Waals surface area contributed by atoms with Crippen LogP contribution in [0.15, 0.2) is 0 Å². The fourth-order valence-corrected chi connectivity index (χ4v) is 4.85. The Morgan fingerprint density at radius 2 is 1.57 bits per heavy atom. The second-order valence-corrected chi connectivity index (χ2v) is 8.51. The third kappa shape index (κ3) is 4.34. The van der Waals surface area contributed by atoms with Gasteiger partial charge in [0.1, 0.15) is 0 Å². The first kappa shape index (κ1) is 17.5. The fourth-order valence-electron chi connectivity index (χ4n) is 4.85. The van der Waals surface area contributed by atoms with Crippen LogP contribution in [0.3, 0.4) is 0 Å². The van der Waals surface area contributed by atoms with Gasteiger partial charge in [-0.1, -0.05) is 0 Å². The number of aliphatic hydroxyl groups is 1. The summed E-state index contributed by atoms with van der Waals surface area (Å²) >= 11 is 0. The van der Waals surface area contributed by atoms with E-state index < -0.39 is 0 Å². The molecule has 4 heteroatoms. The molecule has 0 aliphatic heterocycles. The molecule has 21 heavy (non-hydrogen) atoms. The van der Waals surface area contributed by atoms with Crippen molar-refractivity contribution in [1.82, 2.24) is 5.32 Å². The summed E-state index contributed by atoms with van der Waals surface area (Å²) in [5.41, 5.74) is 0.0591. The molecule has 0 aromatic carbocycles. The molecule has 124 valence electrons. The van der Waals surface area contributed by atoms with E-state index in [1.165, 1.54) is 32.1 Å². The van der Waals surface area contributed by atoms with E-state index in [9.17, 15) is 5.11 Å². The maximum absolute atomic E-state index is 10.1. The van der Waals surface area contributed by atoms with E-state index >= 15 is 0 Å². The summed E-state index contributed by atoms with van der Waals surface area (Å²) in [6.45, 7) is 7.49. The third-order valence-corrected chi connectivity index (χ3v) is 5.49. The van der Waals surface area contributed by atoms with Crippen LogP contribution in [0.5, 0.6) is 0 Å². The van der Waals surface area contributed by atoms with Crippen LogP contribution >= 0.6 is 12.4 Å². The Hall–Kier alpha value is 0.170. The molecule has 2 N–H and O–H groups in total. The summed E-state index contributed by atoms with van der Waals surface area (Å²) in [6, 6.07) is 0. The van der Waals surface area contributed by atoms with Crippen molar-refractivity contribution in [3.63, 3.8) is 0 Å². The lowest BCUT2D eigenvalue weighted by molar-refractivity contribution is -0.139. The van der Waals surface area contributed by atoms with Crippen molar-refractivity contribution >= 4 is 12.4 Å². The van der Waals surface area contributed by atoms with Gasteiger partial charge in [0.15, 0.2) is 0 Å². The topological polar surface area (TPSA) is 41.5 Å². The van der Waals surface area contributed by atoms with E-state index in [2.05, 4.69) is 26.1 Å². The molecule has 0 heterocycles. The highest BCUT2D eigenvalue weighted by molar-refractivity contribution is 5.85. The van der Waals surface area contributed by atoms with Gasteiger partial charge >= 0.3 is 0 Å². The Labute approximate surface area is 135 Å². The predicted molar refractivity (Wildman–Crippen MR) is 87.8 cm³/mol. The number of rotatable bonds is 5. The number of ether oxygens (including phenoxy) is 1. The van der Waals surface area contributed by atoms with Crippen molar-refractivity contribution < 1.29 is 9.84 Å². The van der Waals surface area contributed by atoms with Crippen molar-refractivity contribution in [2.45, 2.75) is 70.6 Å². The SMILES string of the molecule is CC(C)(C)NCC(O)COC1C2CC3CC(C2)CC1C3.Cl. The van der Waals surface area contributed by atoms with E-state index in [-0.39, 0.29) is 24.0 Å². The van der Waals surface area contributed by atoms with Crippen molar-refractivity contribution in [3.8, 4) is 0 Å². The zero-order valence-corrected chi connectivity index (χ0v) is 14.5. The smallest absolute Gasteiger partial charge is 0.0898 e. The van der Waals surface area contributed by atoms with Gasteiger partial charge < -0.3 is 15.2 Å². The Morgan fingerprint density at radius 1 is 1.05 bits per heavy atom. The summed E-state index contributed by atoms with van der Waals surface area (Å²) in [7, 11) is 0. The molecule has 0 spiro atoms. The first-order valence-corrected chi connectivity index (χ1v) is 8.45. The summed E-state index contributed by atoms with van der Waals surface area (Å²) in [5, 5.41) is 13.4. The van der Waals surface area contributed by atoms with Gasteiger partial charge in [-0.15, -0.1) is 12.4 Å². The Balaban J connectivity index is 0.00000161. The van der Waals surface area contributed by atoms with Gasteiger partial charge in [-0.25, -0.2) is 0 Å². The molecule has 1 unspecified atom stereocenters. The van der Waals surface area contributed by atoms with Gasteiger partial charge in [-0.2, -0.15) is 0 Å². The molecule has 4 rings (SSSR count). The molecule has 0 saturated heterocycles.